The van der Waals surface area contributed by atoms with Gasteiger partial charge in [-0.15, -0.1) is 0 Å². The predicted molar refractivity (Wildman–Crippen MR) is 88.5 cm³/mol. The molecular weight excluding hydrogens is 300 g/mol. The lowest BCUT2D eigenvalue weighted by atomic mass is 9.97. The Balaban J connectivity index is 2.72. The summed E-state index contributed by atoms with van der Waals surface area (Å²) in [7, 11) is 0.967. The Bertz CT molecular complexity index is 324. The van der Waals surface area contributed by atoms with Crippen LogP contribution < -0.4 is 0 Å². The van der Waals surface area contributed by atoms with Crippen LogP contribution >= 0.6 is 0 Å². The molecule has 0 bridgehead atoms. The minimum atomic E-state index is -2.67. The summed E-state index contributed by atoms with van der Waals surface area (Å²) in [6.45, 7) is 9.38. The van der Waals surface area contributed by atoms with Gasteiger partial charge in [0.05, 0.1) is 12.1 Å². The summed E-state index contributed by atoms with van der Waals surface area (Å²) in [5.41, 5.74) is 0. The van der Waals surface area contributed by atoms with Crippen LogP contribution in [0, 0.1) is 5.92 Å². The van der Waals surface area contributed by atoms with Crippen LogP contribution in [-0.2, 0) is 18.1 Å². The highest BCUT2D eigenvalue weighted by Crippen LogP contribution is 2.21. The third-order valence-electron chi connectivity index (χ3n) is 3.81. The fourth-order valence-electron chi connectivity index (χ4n) is 2.96. The smallest absolute Gasteiger partial charge is 0.373 e. The molecule has 0 spiro atoms. The van der Waals surface area contributed by atoms with Crippen LogP contribution in [0.25, 0.3) is 0 Å². The zero-order valence-corrected chi connectivity index (χ0v) is 15.8. The fourth-order valence-corrected chi connectivity index (χ4v) is 5.64. The summed E-state index contributed by atoms with van der Waals surface area (Å²) in [5.74, 6) is 0.279. The van der Waals surface area contributed by atoms with Crippen molar-refractivity contribution in [1.29, 1.82) is 0 Å². The fraction of sp³-hybridized carbons (Fsp3) is 0.933. The summed E-state index contributed by atoms with van der Waals surface area (Å²) in [5, 5.41) is 0. The largest absolute Gasteiger partial charge is 0.515 e. The molecule has 1 saturated heterocycles. The van der Waals surface area contributed by atoms with Crippen molar-refractivity contribution in [3.63, 3.8) is 0 Å². The Morgan fingerprint density at radius 3 is 2.14 bits per heavy atom. The molecule has 130 valence electrons. The summed E-state index contributed by atoms with van der Waals surface area (Å²) in [6, 6.07) is 0. The lowest BCUT2D eigenvalue weighted by Gasteiger charge is -2.38. The molecule has 0 radical (unpaired) electrons. The molecule has 0 aliphatic carbocycles. The van der Waals surface area contributed by atoms with Crippen molar-refractivity contribution >= 4 is 14.7 Å². The lowest BCUT2D eigenvalue weighted by Crippen LogP contribution is -2.57. The molecule has 1 atom stereocenters. The van der Waals surface area contributed by atoms with E-state index in [1.54, 1.807) is 4.90 Å². The minimum absolute atomic E-state index is 0.0697. The Hall–Kier alpha value is -0.473. The maximum absolute atomic E-state index is 12.2. The number of likely N-dealkylation sites (tertiary alicyclic amines) is 1. The minimum Gasteiger partial charge on any atom is -0.373 e. The van der Waals surface area contributed by atoms with Gasteiger partial charge in [-0.1, -0.05) is 0 Å². The van der Waals surface area contributed by atoms with Gasteiger partial charge in [0.1, 0.15) is 0 Å². The van der Waals surface area contributed by atoms with E-state index in [1.807, 2.05) is 34.9 Å². The van der Waals surface area contributed by atoms with Crippen LogP contribution in [0.3, 0.4) is 0 Å². The SMILES string of the molecule is CCO[Si](CN1CCCC(C(=O)N(C)C)C1)(OCC)OCC. The molecule has 0 aromatic rings. The van der Waals surface area contributed by atoms with Crippen LogP contribution in [0.4, 0.5) is 0 Å². The normalized spacial score (nSPS) is 20.1. The first-order valence-electron chi connectivity index (χ1n) is 8.33. The highest BCUT2D eigenvalue weighted by molar-refractivity contribution is 6.60. The number of nitrogens with zero attached hydrogens (tertiary/aromatic N) is 2. The second kappa shape index (κ2) is 9.62. The van der Waals surface area contributed by atoms with Crippen molar-refractivity contribution in [2.75, 3.05) is 53.2 Å². The first-order valence-corrected chi connectivity index (χ1v) is 10.3. The van der Waals surface area contributed by atoms with Gasteiger partial charge in [0.2, 0.25) is 5.91 Å². The Morgan fingerprint density at radius 1 is 1.14 bits per heavy atom. The highest BCUT2D eigenvalue weighted by Gasteiger charge is 2.43. The van der Waals surface area contributed by atoms with Gasteiger partial charge in [-0.05, 0) is 40.2 Å². The predicted octanol–water partition coefficient (Wildman–Crippen LogP) is 1.37. The van der Waals surface area contributed by atoms with E-state index < -0.39 is 8.80 Å². The summed E-state index contributed by atoms with van der Waals surface area (Å²) >= 11 is 0. The maximum atomic E-state index is 12.2. The van der Waals surface area contributed by atoms with Gasteiger partial charge in [-0.3, -0.25) is 9.69 Å². The quantitative estimate of drug-likeness (QED) is 0.597. The zero-order valence-electron chi connectivity index (χ0n) is 14.8. The molecule has 1 fully saturated rings. The van der Waals surface area contributed by atoms with E-state index in [9.17, 15) is 4.79 Å². The molecule has 0 N–H and O–H groups in total. The lowest BCUT2D eigenvalue weighted by molar-refractivity contribution is -0.134. The van der Waals surface area contributed by atoms with Gasteiger partial charge < -0.3 is 18.2 Å². The van der Waals surface area contributed by atoms with E-state index in [0.717, 1.165) is 25.9 Å². The summed E-state index contributed by atoms with van der Waals surface area (Å²) in [4.78, 5) is 16.2. The summed E-state index contributed by atoms with van der Waals surface area (Å²) in [6.07, 6.45) is 2.65. The van der Waals surface area contributed by atoms with E-state index in [0.29, 0.717) is 26.0 Å². The third-order valence-corrected chi connectivity index (χ3v) is 6.83. The van der Waals surface area contributed by atoms with Crippen LogP contribution in [0.1, 0.15) is 33.6 Å². The first kappa shape index (κ1) is 19.6. The second-order valence-corrected chi connectivity index (χ2v) is 8.34. The Labute approximate surface area is 136 Å². The van der Waals surface area contributed by atoms with Gasteiger partial charge in [-0.2, -0.15) is 0 Å². The van der Waals surface area contributed by atoms with Gasteiger partial charge in [-0.25, -0.2) is 0 Å². The van der Waals surface area contributed by atoms with E-state index in [4.69, 9.17) is 13.3 Å². The van der Waals surface area contributed by atoms with Crippen LogP contribution in [0.5, 0.6) is 0 Å². The van der Waals surface area contributed by atoms with Gasteiger partial charge in [0, 0.05) is 40.5 Å². The van der Waals surface area contributed by atoms with Crippen LogP contribution in [-0.4, -0.2) is 77.7 Å². The number of rotatable bonds is 9. The molecule has 0 aromatic carbocycles. The highest BCUT2D eigenvalue weighted by atomic mass is 28.4. The summed E-state index contributed by atoms with van der Waals surface area (Å²) < 4.78 is 17.7. The van der Waals surface area contributed by atoms with Gasteiger partial charge >= 0.3 is 8.80 Å². The molecule has 7 heteroatoms. The molecule has 1 aliphatic heterocycles. The van der Waals surface area contributed by atoms with E-state index in [1.165, 1.54) is 0 Å². The Kier molecular flexibility index (Phi) is 8.56. The van der Waals surface area contributed by atoms with Crippen molar-refractivity contribution in [3.05, 3.63) is 0 Å². The van der Waals surface area contributed by atoms with E-state index in [-0.39, 0.29) is 11.8 Å². The molecule has 6 nitrogen and oxygen atoms in total. The van der Waals surface area contributed by atoms with Crippen molar-refractivity contribution in [3.8, 4) is 0 Å². The second-order valence-electron chi connectivity index (χ2n) is 5.79. The van der Waals surface area contributed by atoms with E-state index in [2.05, 4.69) is 4.90 Å². The molecule has 0 aromatic heterocycles. The van der Waals surface area contributed by atoms with Crippen molar-refractivity contribution in [2.45, 2.75) is 33.6 Å². The van der Waals surface area contributed by atoms with Crippen molar-refractivity contribution < 1.29 is 18.1 Å². The standard InChI is InChI=1S/C15H32N2O4Si/c1-6-19-22(20-7-2,21-8-3)13-17-11-9-10-14(12-17)15(18)16(4)5/h14H,6-13H2,1-5H3. The monoisotopic (exact) mass is 332 g/mol. The van der Waals surface area contributed by atoms with Crippen LogP contribution in [0.2, 0.25) is 0 Å². The number of piperidine rings is 1. The molecule has 1 rings (SSSR count). The zero-order chi connectivity index (χ0) is 16.6. The number of amides is 1. The van der Waals surface area contributed by atoms with Crippen LogP contribution in [0.15, 0.2) is 0 Å². The topological polar surface area (TPSA) is 51.2 Å². The van der Waals surface area contributed by atoms with Crippen molar-refractivity contribution in [1.82, 2.24) is 9.80 Å². The number of carbonyl (C=O) groups excluding carboxylic acids is 1. The average molecular weight is 333 g/mol. The molecule has 22 heavy (non-hydrogen) atoms. The molecule has 1 amide bonds. The third kappa shape index (κ3) is 5.62. The Morgan fingerprint density at radius 2 is 1.68 bits per heavy atom. The number of hydrogen-bond acceptors (Lipinski definition) is 5. The number of hydrogen-bond donors (Lipinski definition) is 0. The molecule has 1 aliphatic rings. The van der Waals surface area contributed by atoms with Gasteiger partial charge in [0.15, 0.2) is 0 Å². The number of carbonyl (C=O) groups is 1. The maximum Gasteiger partial charge on any atom is 0.515 e. The molecular formula is C15H32N2O4Si. The van der Waals surface area contributed by atoms with Gasteiger partial charge in [0.25, 0.3) is 0 Å². The van der Waals surface area contributed by atoms with Crippen molar-refractivity contribution in [2.24, 2.45) is 5.92 Å². The molecule has 0 saturated carbocycles. The average Bonchev–Trinajstić information content (AvgIpc) is 2.47. The van der Waals surface area contributed by atoms with E-state index >= 15 is 0 Å². The first-order chi connectivity index (χ1) is 10.5. The molecule has 1 unspecified atom stereocenters. The molecule has 1 heterocycles.